The summed E-state index contributed by atoms with van der Waals surface area (Å²) in [5.41, 5.74) is 2.10. The van der Waals surface area contributed by atoms with Crippen molar-refractivity contribution in [1.82, 2.24) is 25.3 Å². The fourth-order valence-electron chi connectivity index (χ4n) is 2.78. The highest BCUT2D eigenvalue weighted by Gasteiger charge is 2.49. The van der Waals surface area contributed by atoms with Crippen molar-refractivity contribution in [2.24, 2.45) is 0 Å². The number of piperidine rings is 1. The van der Waals surface area contributed by atoms with Gasteiger partial charge in [-0.25, -0.2) is 10.3 Å². The Bertz CT molecular complexity index is 824. The Labute approximate surface area is 173 Å². The number of fused-ring (bicyclic) bond motifs is 2. The molecule has 2 fully saturated rings. The lowest BCUT2D eigenvalue weighted by molar-refractivity contribution is -0.146. The fourth-order valence-corrected chi connectivity index (χ4v) is 3.17. The second-order valence-corrected chi connectivity index (χ2v) is 7.58. The van der Waals surface area contributed by atoms with E-state index < -0.39 is 34.4 Å². The van der Waals surface area contributed by atoms with Crippen LogP contribution in [0.3, 0.4) is 0 Å². The van der Waals surface area contributed by atoms with Crippen LogP contribution < -0.4 is 5.48 Å². The first kappa shape index (κ1) is 23.5. The zero-order valence-corrected chi connectivity index (χ0v) is 17.2. The van der Waals surface area contributed by atoms with Crippen LogP contribution >= 0.6 is 0 Å². The molecule has 1 aromatic rings. The maximum absolute atomic E-state index is 12.1. The summed E-state index contributed by atoms with van der Waals surface area (Å²) in [5.74, 6) is -0.994. The molecule has 2 aliphatic heterocycles. The number of carbonyl (C=O) groups is 3. The molecule has 0 unspecified atom stereocenters. The van der Waals surface area contributed by atoms with Crippen LogP contribution in [0.25, 0.3) is 0 Å². The van der Waals surface area contributed by atoms with Gasteiger partial charge in [0, 0.05) is 33.0 Å². The van der Waals surface area contributed by atoms with Crippen LogP contribution in [0.15, 0.2) is 30.6 Å². The van der Waals surface area contributed by atoms with E-state index in [-0.39, 0.29) is 25.5 Å². The summed E-state index contributed by atoms with van der Waals surface area (Å²) >= 11 is 0. The van der Waals surface area contributed by atoms with Gasteiger partial charge in [-0.05, 0) is 25.0 Å². The maximum Gasteiger partial charge on any atom is 0.418 e. The van der Waals surface area contributed by atoms with Gasteiger partial charge in [-0.3, -0.25) is 24.0 Å². The molecule has 2 N–H and O–H groups in total. The Hall–Kier alpha value is -2.81. The van der Waals surface area contributed by atoms with Crippen molar-refractivity contribution in [3.63, 3.8) is 0 Å². The topological polar surface area (TPSA) is 159 Å². The number of likely N-dealkylation sites (N-methyl/N-ethyl adjacent to an activating group) is 1. The smallest absolute Gasteiger partial charge is 0.347 e. The normalized spacial score (nSPS) is 20.3. The van der Waals surface area contributed by atoms with Crippen molar-refractivity contribution in [2.45, 2.75) is 24.9 Å². The third-order valence-corrected chi connectivity index (χ3v) is 4.58. The zero-order chi connectivity index (χ0) is 22.3. The van der Waals surface area contributed by atoms with Crippen molar-refractivity contribution in [3.8, 4) is 0 Å². The summed E-state index contributed by atoms with van der Waals surface area (Å²) < 4.78 is 34.5. The van der Waals surface area contributed by atoms with Crippen LogP contribution in [0, 0.1) is 0 Å². The van der Waals surface area contributed by atoms with Gasteiger partial charge in [0.25, 0.3) is 11.8 Å². The molecule has 166 valence electrons. The molecule has 0 saturated carbocycles. The fraction of sp³-hybridized carbons (Fsp3) is 0.500. The first-order valence-electron chi connectivity index (χ1n) is 8.83. The van der Waals surface area contributed by atoms with Crippen molar-refractivity contribution in [3.05, 3.63) is 30.6 Å². The second kappa shape index (κ2) is 10.3. The van der Waals surface area contributed by atoms with Gasteiger partial charge >= 0.3 is 16.4 Å². The summed E-state index contributed by atoms with van der Waals surface area (Å²) in [7, 11) is -1.78. The van der Waals surface area contributed by atoms with E-state index in [4.69, 9.17) is 9.39 Å². The molecule has 0 aromatic carbocycles. The number of nitrogens with zero attached hydrogens (tertiary/aromatic N) is 4. The number of pyridine rings is 1. The van der Waals surface area contributed by atoms with Crippen LogP contribution in [-0.2, 0) is 29.1 Å². The van der Waals surface area contributed by atoms with E-state index >= 15 is 0 Å². The van der Waals surface area contributed by atoms with Crippen molar-refractivity contribution in [1.29, 1.82) is 0 Å². The first-order valence-corrected chi connectivity index (χ1v) is 10.2. The highest BCUT2D eigenvalue weighted by Crippen LogP contribution is 2.30. The van der Waals surface area contributed by atoms with Crippen LogP contribution in [-0.4, -0.2) is 90.0 Å². The zero-order valence-electron chi connectivity index (χ0n) is 16.4. The minimum Gasteiger partial charge on any atom is -0.347 e. The SMILES string of the molecule is CN(C)C(=O)CONC(=O)[C@@H]1CC[C@@H]2CN1C(=O)N2OS(=O)(=O)O.c1ccncc1. The molecule has 30 heavy (non-hydrogen) atoms. The summed E-state index contributed by atoms with van der Waals surface area (Å²) in [5, 5.41) is 0.541. The Morgan fingerprint density at radius 1 is 1.27 bits per heavy atom. The molecule has 0 radical (unpaired) electrons. The number of carbonyl (C=O) groups excluding carboxylic acids is 3. The standard InChI is InChI=1S/C11H18N4O8S.C5H5N/c1-13(2)9(16)6-22-12-10(17)8-4-3-7-5-14(8)11(18)15(7)23-24(19,20)21;1-2-4-6-5-3-1/h7-8H,3-6H2,1-2H3,(H,12,17)(H,19,20,21);1-5H/t7-,8+;/m1./s1. The van der Waals surface area contributed by atoms with Crippen LogP contribution in [0.2, 0.25) is 0 Å². The maximum atomic E-state index is 12.1. The quantitative estimate of drug-likeness (QED) is 0.422. The van der Waals surface area contributed by atoms with E-state index in [9.17, 15) is 22.8 Å². The van der Waals surface area contributed by atoms with E-state index in [1.807, 2.05) is 18.2 Å². The van der Waals surface area contributed by atoms with Gasteiger partial charge in [-0.15, -0.1) is 4.28 Å². The molecule has 0 spiro atoms. The Morgan fingerprint density at radius 2 is 1.93 bits per heavy atom. The number of aromatic nitrogens is 1. The van der Waals surface area contributed by atoms with E-state index in [0.29, 0.717) is 11.5 Å². The Kier molecular flexibility index (Phi) is 8.05. The second-order valence-electron chi connectivity index (χ2n) is 6.58. The van der Waals surface area contributed by atoms with Crippen LogP contribution in [0.4, 0.5) is 4.79 Å². The lowest BCUT2D eigenvalue weighted by atomic mass is 10.0. The number of amides is 4. The molecule has 2 aliphatic rings. The molecule has 2 atom stereocenters. The number of hydrogen-bond acceptors (Lipinski definition) is 8. The van der Waals surface area contributed by atoms with Crippen LogP contribution in [0.5, 0.6) is 0 Å². The Morgan fingerprint density at radius 3 is 2.43 bits per heavy atom. The van der Waals surface area contributed by atoms with E-state index in [2.05, 4.69) is 14.7 Å². The Balaban J connectivity index is 0.000000456. The number of hydrogen-bond donors (Lipinski definition) is 2. The molecule has 0 aliphatic carbocycles. The lowest BCUT2D eigenvalue weighted by Gasteiger charge is -2.28. The van der Waals surface area contributed by atoms with E-state index in [1.54, 1.807) is 12.4 Å². The van der Waals surface area contributed by atoms with Gasteiger partial charge in [0.1, 0.15) is 6.04 Å². The predicted molar refractivity (Wildman–Crippen MR) is 100 cm³/mol. The van der Waals surface area contributed by atoms with Gasteiger partial charge in [0.05, 0.1) is 6.04 Å². The van der Waals surface area contributed by atoms with Crippen LogP contribution in [0.1, 0.15) is 12.8 Å². The monoisotopic (exact) mass is 445 g/mol. The molecular formula is C16H23N5O8S. The average molecular weight is 445 g/mol. The van der Waals surface area contributed by atoms with Gasteiger partial charge in [0.15, 0.2) is 6.61 Å². The molecule has 3 heterocycles. The van der Waals surface area contributed by atoms with Crippen molar-refractivity contribution < 1.29 is 36.5 Å². The summed E-state index contributed by atoms with van der Waals surface area (Å²) in [6, 6.07) is 3.39. The largest absolute Gasteiger partial charge is 0.418 e. The molecule has 1 aromatic heterocycles. The average Bonchev–Trinajstić information content (AvgIpc) is 2.93. The third kappa shape index (κ3) is 6.62. The van der Waals surface area contributed by atoms with E-state index in [0.717, 1.165) is 4.90 Å². The molecule has 2 saturated heterocycles. The molecule has 3 rings (SSSR count). The predicted octanol–water partition coefficient (Wildman–Crippen LogP) is -0.793. The molecule has 13 nitrogen and oxygen atoms in total. The molecule has 4 amide bonds. The minimum atomic E-state index is -4.84. The number of nitrogens with one attached hydrogen (secondary N) is 1. The molecule has 2 bridgehead atoms. The van der Waals surface area contributed by atoms with Crippen molar-refractivity contribution in [2.75, 3.05) is 27.2 Å². The third-order valence-electron chi connectivity index (χ3n) is 4.23. The molecule has 14 heteroatoms. The number of urea groups is 1. The van der Waals surface area contributed by atoms with Gasteiger partial charge in [-0.2, -0.15) is 13.5 Å². The van der Waals surface area contributed by atoms with Gasteiger partial charge in [-0.1, -0.05) is 6.07 Å². The first-order chi connectivity index (χ1) is 14.1. The number of hydroxylamine groups is 3. The van der Waals surface area contributed by atoms with E-state index in [1.165, 1.54) is 19.0 Å². The summed E-state index contributed by atoms with van der Waals surface area (Å²) in [4.78, 5) is 46.5. The molecular weight excluding hydrogens is 422 g/mol. The van der Waals surface area contributed by atoms with Gasteiger partial charge < -0.3 is 9.80 Å². The lowest BCUT2D eigenvalue weighted by Crippen LogP contribution is -2.50. The number of rotatable bonds is 6. The summed E-state index contributed by atoms with van der Waals surface area (Å²) in [6.45, 7) is -0.289. The van der Waals surface area contributed by atoms with Gasteiger partial charge in [0.2, 0.25) is 0 Å². The minimum absolute atomic E-state index is 0.0725. The van der Waals surface area contributed by atoms with Crippen molar-refractivity contribution >= 4 is 28.2 Å². The highest BCUT2D eigenvalue weighted by molar-refractivity contribution is 7.80. The highest BCUT2D eigenvalue weighted by atomic mass is 32.3. The summed E-state index contributed by atoms with van der Waals surface area (Å²) in [6.07, 6.45) is 4.05.